The van der Waals surface area contributed by atoms with Gasteiger partial charge >= 0.3 is 0 Å². The summed E-state index contributed by atoms with van der Waals surface area (Å²) in [5.74, 6) is 0.565. The van der Waals surface area contributed by atoms with Gasteiger partial charge in [-0.2, -0.15) is 5.26 Å². The first kappa shape index (κ1) is 11.9. The molecule has 0 aliphatic heterocycles. The van der Waals surface area contributed by atoms with Crippen molar-refractivity contribution in [3.8, 4) is 11.8 Å². The molecule has 1 unspecified atom stereocenters. The van der Waals surface area contributed by atoms with Crippen LogP contribution in [0.25, 0.3) is 0 Å². The summed E-state index contributed by atoms with van der Waals surface area (Å²) in [6.07, 6.45) is 0.132. The summed E-state index contributed by atoms with van der Waals surface area (Å²) in [5.41, 5.74) is 1.36. The minimum absolute atomic E-state index is 0.560. The Kier molecular flexibility index (Phi) is 3.72. The number of carbonyl (C=O) groups is 1. The standard InChI is InChI=1S/C15H11NO2/c16-10-12-6-8-14(9-7-12)18-15(11-17)13-4-2-1-3-5-13/h1-9,11,15H. The Morgan fingerprint density at radius 2 is 1.72 bits per heavy atom. The fourth-order valence-corrected chi connectivity index (χ4v) is 1.57. The lowest BCUT2D eigenvalue weighted by molar-refractivity contribution is -0.113. The molecular weight excluding hydrogens is 226 g/mol. The molecule has 18 heavy (non-hydrogen) atoms. The number of hydrogen-bond acceptors (Lipinski definition) is 3. The molecule has 2 rings (SSSR count). The largest absolute Gasteiger partial charge is 0.478 e. The Balaban J connectivity index is 2.16. The second-order valence-electron chi connectivity index (χ2n) is 3.72. The van der Waals surface area contributed by atoms with Gasteiger partial charge in [0.05, 0.1) is 11.6 Å². The number of carbonyl (C=O) groups excluding carboxylic acids is 1. The van der Waals surface area contributed by atoms with Gasteiger partial charge in [0.2, 0.25) is 0 Å². The predicted molar refractivity (Wildman–Crippen MR) is 67.0 cm³/mol. The van der Waals surface area contributed by atoms with E-state index in [1.165, 1.54) is 0 Å². The molecule has 0 bridgehead atoms. The highest BCUT2D eigenvalue weighted by Gasteiger charge is 2.11. The van der Waals surface area contributed by atoms with Gasteiger partial charge in [-0.15, -0.1) is 0 Å². The van der Waals surface area contributed by atoms with E-state index in [9.17, 15) is 4.79 Å². The maximum atomic E-state index is 11.1. The van der Waals surface area contributed by atoms with Crippen LogP contribution in [0.15, 0.2) is 54.6 Å². The summed E-state index contributed by atoms with van der Waals surface area (Å²) in [4.78, 5) is 11.1. The third-order valence-electron chi connectivity index (χ3n) is 2.50. The van der Waals surface area contributed by atoms with Gasteiger partial charge in [-0.05, 0) is 29.8 Å². The van der Waals surface area contributed by atoms with Gasteiger partial charge in [-0.3, -0.25) is 4.79 Å². The highest BCUT2D eigenvalue weighted by molar-refractivity contribution is 5.60. The lowest BCUT2D eigenvalue weighted by atomic mass is 10.1. The molecule has 1 atom stereocenters. The third kappa shape index (κ3) is 2.74. The molecule has 3 heteroatoms. The fourth-order valence-electron chi connectivity index (χ4n) is 1.57. The van der Waals surface area contributed by atoms with Crippen LogP contribution in [0.2, 0.25) is 0 Å². The lowest BCUT2D eigenvalue weighted by Crippen LogP contribution is -2.08. The quantitative estimate of drug-likeness (QED) is 0.768. The summed E-state index contributed by atoms with van der Waals surface area (Å²) in [5, 5.41) is 8.69. The number of rotatable bonds is 4. The first-order valence-electron chi connectivity index (χ1n) is 5.50. The van der Waals surface area contributed by atoms with Crippen LogP contribution in [0, 0.1) is 11.3 Å². The van der Waals surface area contributed by atoms with Crippen LogP contribution in [0.1, 0.15) is 17.2 Å². The Morgan fingerprint density at radius 3 is 2.28 bits per heavy atom. The molecule has 0 amide bonds. The fraction of sp³-hybridized carbons (Fsp3) is 0.0667. The summed E-state index contributed by atoms with van der Waals surface area (Å²) < 4.78 is 5.57. The maximum Gasteiger partial charge on any atom is 0.179 e. The molecule has 3 nitrogen and oxygen atoms in total. The van der Waals surface area contributed by atoms with Crippen molar-refractivity contribution in [3.63, 3.8) is 0 Å². The average Bonchev–Trinajstić information content (AvgIpc) is 2.46. The zero-order valence-electron chi connectivity index (χ0n) is 9.61. The number of aldehydes is 1. The monoisotopic (exact) mass is 237 g/mol. The third-order valence-corrected chi connectivity index (χ3v) is 2.50. The van der Waals surface area contributed by atoms with Gasteiger partial charge in [-0.1, -0.05) is 30.3 Å². The highest BCUT2D eigenvalue weighted by atomic mass is 16.5. The van der Waals surface area contributed by atoms with Gasteiger partial charge in [0.15, 0.2) is 12.4 Å². The van der Waals surface area contributed by atoms with Crippen LogP contribution in [0.5, 0.6) is 5.75 Å². The zero-order valence-corrected chi connectivity index (χ0v) is 9.61. The molecule has 0 N–H and O–H groups in total. The summed E-state index contributed by atoms with van der Waals surface area (Å²) >= 11 is 0. The average molecular weight is 237 g/mol. The number of nitrogens with zero attached hydrogens (tertiary/aromatic N) is 1. The molecule has 0 aromatic heterocycles. The molecule has 0 spiro atoms. The minimum Gasteiger partial charge on any atom is -0.478 e. The predicted octanol–water partition coefficient (Wildman–Crippen LogP) is 2.88. The molecule has 0 aliphatic carbocycles. The Bertz CT molecular complexity index is 555. The van der Waals surface area contributed by atoms with Gasteiger partial charge in [0.25, 0.3) is 0 Å². The van der Waals surface area contributed by atoms with Gasteiger partial charge in [0, 0.05) is 0 Å². The van der Waals surface area contributed by atoms with E-state index >= 15 is 0 Å². The summed E-state index contributed by atoms with van der Waals surface area (Å²) in [7, 11) is 0. The lowest BCUT2D eigenvalue weighted by Gasteiger charge is -2.13. The Labute approximate surface area is 105 Å². The van der Waals surface area contributed by atoms with Crippen molar-refractivity contribution in [1.29, 1.82) is 5.26 Å². The second-order valence-corrected chi connectivity index (χ2v) is 3.72. The maximum absolute atomic E-state index is 11.1. The van der Waals surface area contributed by atoms with Crippen LogP contribution in [-0.2, 0) is 4.79 Å². The van der Waals surface area contributed by atoms with Crippen LogP contribution in [0.3, 0.4) is 0 Å². The normalized spacial score (nSPS) is 11.3. The van der Waals surface area contributed by atoms with Gasteiger partial charge < -0.3 is 4.74 Å². The summed E-state index contributed by atoms with van der Waals surface area (Å²) in [6.45, 7) is 0. The Hall–Kier alpha value is -2.60. The van der Waals surface area contributed by atoms with Crippen LogP contribution in [0.4, 0.5) is 0 Å². The number of nitriles is 1. The molecule has 0 saturated heterocycles. The molecule has 0 fully saturated rings. The molecule has 0 saturated carbocycles. The van der Waals surface area contributed by atoms with Crippen LogP contribution < -0.4 is 4.74 Å². The molecular formula is C15H11NO2. The van der Waals surface area contributed by atoms with E-state index in [1.807, 2.05) is 36.4 Å². The number of ether oxygens (including phenoxy) is 1. The van der Waals surface area contributed by atoms with Crippen molar-refractivity contribution in [3.05, 3.63) is 65.7 Å². The van der Waals surface area contributed by atoms with E-state index in [4.69, 9.17) is 10.00 Å². The Morgan fingerprint density at radius 1 is 1.06 bits per heavy atom. The SMILES string of the molecule is N#Cc1ccc(OC(C=O)c2ccccc2)cc1. The molecule has 0 heterocycles. The topological polar surface area (TPSA) is 50.1 Å². The first-order valence-corrected chi connectivity index (χ1v) is 5.50. The molecule has 88 valence electrons. The van der Waals surface area contributed by atoms with Crippen molar-refractivity contribution in [1.82, 2.24) is 0 Å². The second kappa shape index (κ2) is 5.65. The smallest absolute Gasteiger partial charge is 0.179 e. The van der Waals surface area contributed by atoms with E-state index in [2.05, 4.69) is 0 Å². The zero-order chi connectivity index (χ0) is 12.8. The molecule has 2 aromatic rings. The summed E-state index contributed by atoms with van der Waals surface area (Å²) in [6, 6.07) is 18.0. The van der Waals surface area contributed by atoms with E-state index in [0.29, 0.717) is 11.3 Å². The number of hydrogen-bond donors (Lipinski definition) is 0. The van der Waals surface area contributed by atoms with E-state index < -0.39 is 6.10 Å². The molecule has 2 aromatic carbocycles. The van der Waals surface area contributed by atoms with Crippen molar-refractivity contribution in [2.24, 2.45) is 0 Å². The van der Waals surface area contributed by atoms with Crippen LogP contribution >= 0.6 is 0 Å². The number of benzene rings is 2. The van der Waals surface area contributed by atoms with Crippen molar-refractivity contribution >= 4 is 6.29 Å². The molecule has 0 radical (unpaired) electrons. The minimum atomic E-state index is -0.626. The van der Waals surface area contributed by atoms with Gasteiger partial charge in [-0.25, -0.2) is 0 Å². The van der Waals surface area contributed by atoms with E-state index in [-0.39, 0.29) is 0 Å². The van der Waals surface area contributed by atoms with Crippen molar-refractivity contribution in [2.75, 3.05) is 0 Å². The van der Waals surface area contributed by atoms with E-state index in [0.717, 1.165) is 11.8 Å². The van der Waals surface area contributed by atoms with Crippen molar-refractivity contribution in [2.45, 2.75) is 6.10 Å². The highest BCUT2D eigenvalue weighted by Crippen LogP contribution is 2.20. The van der Waals surface area contributed by atoms with Gasteiger partial charge in [0.1, 0.15) is 5.75 Å². The first-order chi connectivity index (χ1) is 8.83. The van der Waals surface area contributed by atoms with E-state index in [1.54, 1.807) is 24.3 Å². The molecule has 0 aliphatic rings. The van der Waals surface area contributed by atoms with Crippen LogP contribution in [-0.4, -0.2) is 6.29 Å². The van der Waals surface area contributed by atoms with Crippen molar-refractivity contribution < 1.29 is 9.53 Å².